The molecule has 3 rings (SSSR count). The standard InChI is InChI=1S/C36H42P/c1-8-34(32-20-11-10-12-21-32)30(5)27-31(6)35-23-15-16-24-36(35)37(7,9-2)25-17-22-33-26-28(3)18-13-14-19-29(33)4/h8,10-25,27-28H,1,4,9,26H2,2-3,5-7H3/q+1/b18-13-,19-14-,25-17-,31-27+,33-22+,34-30+. The molecule has 0 nitrogen and oxygen atoms in total. The van der Waals surface area contributed by atoms with Crippen molar-refractivity contribution < 1.29 is 0 Å². The third kappa shape index (κ3) is 7.41. The largest absolute Gasteiger partial charge is 0.106 e. The summed E-state index contributed by atoms with van der Waals surface area (Å²) >= 11 is 0. The first-order valence-electron chi connectivity index (χ1n) is 13.2. The highest BCUT2D eigenvalue weighted by Crippen LogP contribution is 2.56. The van der Waals surface area contributed by atoms with Crippen LogP contribution in [0.3, 0.4) is 0 Å². The zero-order valence-corrected chi connectivity index (χ0v) is 24.1. The van der Waals surface area contributed by atoms with E-state index in [0.29, 0.717) is 5.92 Å². The Hall–Kier alpha value is -3.21. The first-order chi connectivity index (χ1) is 17.8. The van der Waals surface area contributed by atoms with Crippen LogP contribution >= 0.6 is 7.26 Å². The van der Waals surface area contributed by atoms with Crippen LogP contribution in [0.4, 0.5) is 0 Å². The molecule has 0 bridgehead atoms. The van der Waals surface area contributed by atoms with Crippen LogP contribution in [-0.4, -0.2) is 12.8 Å². The molecule has 1 aliphatic carbocycles. The third-order valence-electron chi connectivity index (χ3n) is 7.20. The third-order valence-corrected chi connectivity index (χ3v) is 10.8. The lowest BCUT2D eigenvalue weighted by atomic mass is 9.93. The molecule has 0 saturated heterocycles. The van der Waals surface area contributed by atoms with E-state index in [-0.39, 0.29) is 0 Å². The monoisotopic (exact) mass is 505 g/mol. The lowest BCUT2D eigenvalue weighted by molar-refractivity contribution is 0.722. The van der Waals surface area contributed by atoms with Gasteiger partial charge in [-0.3, -0.25) is 0 Å². The molecule has 0 radical (unpaired) electrons. The minimum Gasteiger partial charge on any atom is -0.0984 e. The van der Waals surface area contributed by atoms with E-state index in [1.807, 2.05) is 6.08 Å². The highest BCUT2D eigenvalue weighted by Gasteiger charge is 2.32. The minimum atomic E-state index is -1.51. The lowest BCUT2D eigenvalue weighted by Crippen LogP contribution is -2.15. The summed E-state index contributed by atoms with van der Waals surface area (Å²) in [5.74, 6) is 2.99. The normalized spacial score (nSPS) is 21.6. The first kappa shape index (κ1) is 28.4. The van der Waals surface area contributed by atoms with E-state index < -0.39 is 7.26 Å². The first-order valence-corrected chi connectivity index (χ1v) is 15.7. The van der Waals surface area contributed by atoms with Crippen molar-refractivity contribution in [3.63, 3.8) is 0 Å². The maximum atomic E-state index is 4.30. The summed E-state index contributed by atoms with van der Waals surface area (Å²) < 4.78 is 0. The van der Waals surface area contributed by atoms with Crippen molar-refractivity contribution >= 4 is 23.7 Å². The van der Waals surface area contributed by atoms with Crippen molar-refractivity contribution in [1.82, 2.24) is 0 Å². The lowest BCUT2D eigenvalue weighted by Gasteiger charge is -2.21. The van der Waals surface area contributed by atoms with Gasteiger partial charge in [-0.15, -0.1) is 0 Å². The van der Waals surface area contributed by atoms with Gasteiger partial charge in [0.2, 0.25) is 0 Å². The summed E-state index contributed by atoms with van der Waals surface area (Å²) in [6, 6.07) is 19.5. The fourth-order valence-corrected chi connectivity index (χ4v) is 7.22. The van der Waals surface area contributed by atoms with Gasteiger partial charge in [-0.2, -0.15) is 0 Å². The van der Waals surface area contributed by atoms with E-state index in [2.05, 4.69) is 150 Å². The molecule has 0 saturated carbocycles. The fraction of sp³-hybridized carbons (Fsp3) is 0.222. The van der Waals surface area contributed by atoms with E-state index in [9.17, 15) is 0 Å². The molecule has 2 aromatic rings. The Morgan fingerprint density at radius 2 is 1.73 bits per heavy atom. The molecule has 0 fully saturated rings. The second-order valence-corrected chi connectivity index (χ2v) is 14.0. The Morgan fingerprint density at radius 3 is 2.43 bits per heavy atom. The van der Waals surface area contributed by atoms with Gasteiger partial charge in [0.15, 0.2) is 0 Å². The molecule has 0 spiro atoms. The maximum Gasteiger partial charge on any atom is 0.106 e. The van der Waals surface area contributed by atoms with Crippen molar-refractivity contribution in [3.05, 3.63) is 150 Å². The van der Waals surface area contributed by atoms with E-state index in [0.717, 1.165) is 18.2 Å². The summed E-state index contributed by atoms with van der Waals surface area (Å²) in [4.78, 5) is 0. The Kier molecular flexibility index (Phi) is 10.2. The van der Waals surface area contributed by atoms with Crippen molar-refractivity contribution in [2.75, 3.05) is 12.8 Å². The van der Waals surface area contributed by atoms with Crippen molar-refractivity contribution in [3.8, 4) is 0 Å². The quantitative estimate of drug-likeness (QED) is 0.247. The van der Waals surface area contributed by atoms with Gasteiger partial charge in [-0.05, 0) is 78.7 Å². The Balaban J connectivity index is 1.98. The molecule has 0 amide bonds. The number of hydrogen-bond donors (Lipinski definition) is 0. The Bertz CT molecular complexity index is 1290. The highest BCUT2D eigenvalue weighted by atomic mass is 31.2. The molecule has 2 aromatic carbocycles. The minimum absolute atomic E-state index is 0.509. The van der Waals surface area contributed by atoms with E-state index in [4.69, 9.17) is 0 Å². The summed E-state index contributed by atoms with van der Waals surface area (Å²) in [5.41, 5.74) is 8.65. The molecular weight excluding hydrogens is 463 g/mol. The van der Waals surface area contributed by atoms with Crippen molar-refractivity contribution in [2.24, 2.45) is 5.92 Å². The van der Waals surface area contributed by atoms with Crippen LogP contribution < -0.4 is 5.30 Å². The zero-order valence-electron chi connectivity index (χ0n) is 23.2. The second kappa shape index (κ2) is 13.4. The Labute approximate surface area is 226 Å². The van der Waals surface area contributed by atoms with Gasteiger partial charge < -0.3 is 0 Å². The van der Waals surface area contributed by atoms with Crippen LogP contribution in [0.2, 0.25) is 0 Å². The van der Waals surface area contributed by atoms with Crippen LogP contribution in [0, 0.1) is 5.92 Å². The molecule has 37 heavy (non-hydrogen) atoms. The predicted octanol–water partition coefficient (Wildman–Crippen LogP) is 10.2. The smallest absolute Gasteiger partial charge is 0.0984 e. The molecule has 1 heteroatoms. The molecule has 2 atom stereocenters. The van der Waals surface area contributed by atoms with Crippen LogP contribution in [0.25, 0.3) is 11.1 Å². The van der Waals surface area contributed by atoms with Gasteiger partial charge >= 0.3 is 0 Å². The van der Waals surface area contributed by atoms with E-state index in [1.165, 1.54) is 38.7 Å². The van der Waals surface area contributed by atoms with Crippen LogP contribution in [0.15, 0.2) is 139 Å². The number of allylic oxidation sites excluding steroid dienone is 13. The number of rotatable bonds is 8. The van der Waals surface area contributed by atoms with E-state index in [1.54, 1.807) is 0 Å². The van der Waals surface area contributed by atoms with Gasteiger partial charge in [0.1, 0.15) is 5.30 Å². The maximum absolute atomic E-state index is 4.30. The van der Waals surface area contributed by atoms with Gasteiger partial charge in [-0.1, -0.05) is 111 Å². The molecule has 0 heterocycles. The topological polar surface area (TPSA) is 0 Å². The SMILES string of the molecule is C=C/C(=C(C)\C=C(/C)c1ccccc1[P+](C)(/C=C\C=C1/CC(C)/C=C\C=C/C1=C)CC)c1ccccc1. The molecule has 0 N–H and O–H groups in total. The Morgan fingerprint density at radius 1 is 1.03 bits per heavy atom. The summed E-state index contributed by atoms with van der Waals surface area (Å²) in [6.07, 6.45) is 19.6. The van der Waals surface area contributed by atoms with E-state index >= 15 is 0 Å². The van der Waals surface area contributed by atoms with Crippen LogP contribution in [-0.2, 0) is 0 Å². The fourth-order valence-electron chi connectivity index (χ4n) is 4.82. The molecule has 190 valence electrons. The van der Waals surface area contributed by atoms with Gasteiger partial charge in [0.25, 0.3) is 0 Å². The molecule has 0 aliphatic heterocycles. The molecular formula is C36H42P+. The van der Waals surface area contributed by atoms with Gasteiger partial charge in [0, 0.05) is 5.56 Å². The molecule has 2 unspecified atom stereocenters. The summed E-state index contributed by atoms with van der Waals surface area (Å²) in [6.45, 7) is 19.8. The van der Waals surface area contributed by atoms with Gasteiger partial charge in [-0.25, -0.2) is 0 Å². The number of hydrogen-bond acceptors (Lipinski definition) is 0. The molecule has 1 aliphatic rings. The van der Waals surface area contributed by atoms with Crippen molar-refractivity contribution in [1.29, 1.82) is 0 Å². The summed E-state index contributed by atoms with van der Waals surface area (Å²) in [7, 11) is -1.51. The van der Waals surface area contributed by atoms with Crippen molar-refractivity contribution in [2.45, 2.75) is 34.1 Å². The highest BCUT2D eigenvalue weighted by molar-refractivity contribution is 7.85. The average Bonchev–Trinajstić information content (AvgIpc) is 2.90. The van der Waals surface area contributed by atoms with Crippen LogP contribution in [0.1, 0.15) is 45.2 Å². The predicted molar refractivity (Wildman–Crippen MR) is 171 cm³/mol. The summed E-state index contributed by atoms with van der Waals surface area (Å²) in [5, 5.41) is 1.46. The molecule has 0 aromatic heterocycles. The number of benzene rings is 2. The average molecular weight is 506 g/mol. The zero-order chi connectivity index (χ0) is 26.8. The second-order valence-electron chi connectivity index (χ2n) is 10.1. The van der Waals surface area contributed by atoms with Gasteiger partial charge in [0.05, 0.1) is 25.9 Å². The van der Waals surface area contributed by atoms with Crippen LogP contribution in [0.5, 0.6) is 0 Å².